The molecule has 0 bridgehead atoms. The van der Waals surface area contributed by atoms with Crippen LogP contribution in [-0.4, -0.2) is 38.0 Å². The van der Waals surface area contributed by atoms with Crippen molar-refractivity contribution in [3.63, 3.8) is 0 Å². The van der Waals surface area contributed by atoms with Crippen LogP contribution in [0, 0.1) is 0 Å². The zero-order valence-corrected chi connectivity index (χ0v) is 12.7. The second-order valence-electron chi connectivity index (χ2n) is 5.49. The van der Waals surface area contributed by atoms with Crippen molar-refractivity contribution in [2.75, 3.05) is 24.7 Å². The number of sulfonamides is 1. The van der Waals surface area contributed by atoms with E-state index in [0.717, 1.165) is 12.8 Å². The fourth-order valence-electron chi connectivity index (χ4n) is 2.60. The molecule has 118 valence electrons. The van der Waals surface area contributed by atoms with Crippen LogP contribution in [0.25, 0.3) is 0 Å². The monoisotopic (exact) mass is 314 g/mol. The summed E-state index contributed by atoms with van der Waals surface area (Å²) in [4.78, 5) is 0. The quantitative estimate of drug-likeness (QED) is 0.648. The highest BCUT2D eigenvalue weighted by molar-refractivity contribution is 7.89. The number of hydrogen-bond acceptors (Lipinski definition) is 5. The highest BCUT2D eigenvalue weighted by atomic mass is 32.2. The first-order valence-corrected chi connectivity index (χ1v) is 8.71. The van der Waals surface area contributed by atoms with Crippen LogP contribution in [0.2, 0.25) is 0 Å². The Hall–Kier alpha value is -1.31. The van der Waals surface area contributed by atoms with Gasteiger partial charge in [0.2, 0.25) is 10.0 Å². The van der Waals surface area contributed by atoms with Crippen molar-refractivity contribution in [1.29, 1.82) is 0 Å². The molecule has 0 radical (unpaired) electrons. The Balaban J connectivity index is 1.86. The third kappa shape index (κ3) is 4.59. The summed E-state index contributed by atoms with van der Waals surface area (Å²) >= 11 is 0. The van der Waals surface area contributed by atoms with Gasteiger partial charge >= 0.3 is 0 Å². The maximum absolute atomic E-state index is 12.1. The second kappa shape index (κ2) is 6.64. The summed E-state index contributed by atoms with van der Waals surface area (Å²) in [7, 11) is -3.48. The molecule has 0 spiro atoms. The average molecular weight is 314 g/mol. The summed E-state index contributed by atoms with van der Waals surface area (Å²) < 4.78 is 32.2. The Morgan fingerprint density at radius 3 is 2.67 bits per heavy atom. The van der Waals surface area contributed by atoms with Gasteiger partial charge in [0.1, 0.15) is 12.4 Å². The van der Waals surface area contributed by atoms with Gasteiger partial charge in [-0.05, 0) is 25.0 Å². The molecule has 0 saturated heterocycles. The lowest BCUT2D eigenvalue weighted by molar-refractivity contribution is 0.185. The van der Waals surface area contributed by atoms with E-state index in [0.29, 0.717) is 24.3 Å². The molecule has 1 aromatic rings. The van der Waals surface area contributed by atoms with E-state index < -0.39 is 15.6 Å². The maximum atomic E-state index is 12.1. The van der Waals surface area contributed by atoms with Gasteiger partial charge in [-0.3, -0.25) is 0 Å². The molecule has 7 heteroatoms. The van der Waals surface area contributed by atoms with E-state index in [-0.39, 0.29) is 19.0 Å². The molecule has 2 rings (SSSR count). The number of nitrogens with two attached hydrogens (primary N) is 1. The normalized spacial score (nSPS) is 17.8. The van der Waals surface area contributed by atoms with Crippen molar-refractivity contribution in [3.8, 4) is 5.75 Å². The van der Waals surface area contributed by atoms with Gasteiger partial charge in [0.05, 0.1) is 17.9 Å². The fourth-order valence-corrected chi connectivity index (χ4v) is 3.93. The predicted octanol–water partition coefficient (Wildman–Crippen LogP) is 0.872. The van der Waals surface area contributed by atoms with Crippen LogP contribution in [-0.2, 0) is 10.0 Å². The van der Waals surface area contributed by atoms with Crippen molar-refractivity contribution >= 4 is 15.7 Å². The van der Waals surface area contributed by atoms with Gasteiger partial charge in [-0.2, -0.15) is 0 Å². The summed E-state index contributed by atoms with van der Waals surface area (Å²) in [6.07, 6.45) is 3.23. The van der Waals surface area contributed by atoms with Crippen LogP contribution < -0.4 is 15.2 Å². The van der Waals surface area contributed by atoms with E-state index >= 15 is 0 Å². The van der Waals surface area contributed by atoms with Crippen molar-refractivity contribution in [2.45, 2.75) is 31.2 Å². The van der Waals surface area contributed by atoms with E-state index in [4.69, 9.17) is 10.5 Å². The molecular formula is C14H22N2O4S. The number of anilines is 1. The van der Waals surface area contributed by atoms with E-state index in [2.05, 4.69) is 4.72 Å². The third-order valence-corrected chi connectivity index (χ3v) is 5.16. The van der Waals surface area contributed by atoms with E-state index in [1.165, 1.54) is 0 Å². The molecule has 4 N–H and O–H groups in total. The molecule has 0 heterocycles. The van der Waals surface area contributed by atoms with Crippen molar-refractivity contribution in [2.24, 2.45) is 0 Å². The lowest BCUT2D eigenvalue weighted by Gasteiger charge is -2.27. The topological polar surface area (TPSA) is 102 Å². The number of aliphatic hydroxyl groups excluding tert-OH is 1. The SMILES string of the molecule is Nc1cccc(OCCS(=O)(=O)NC2(CO)CCCC2)c1. The van der Waals surface area contributed by atoms with Crippen molar-refractivity contribution < 1.29 is 18.3 Å². The van der Waals surface area contributed by atoms with E-state index in [1.54, 1.807) is 24.3 Å². The molecule has 0 unspecified atom stereocenters. The summed E-state index contributed by atoms with van der Waals surface area (Å²) in [6.45, 7) is -0.122. The highest BCUT2D eigenvalue weighted by Crippen LogP contribution is 2.29. The van der Waals surface area contributed by atoms with E-state index in [1.807, 2.05) is 0 Å². The molecule has 0 atom stereocenters. The highest BCUT2D eigenvalue weighted by Gasteiger charge is 2.36. The number of hydrogen-bond donors (Lipinski definition) is 3. The van der Waals surface area contributed by atoms with Crippen molar-refractivity contribution in [1.82, 2.24) is 4.72 Å². The Kier molecular flexibility index (Phi) is 5.08. The van der Waals surface area contributed by atoms with Gasteiger partial charge in [-0.15, -0.1) is 0 Å². The van der Waals surface area contributed by atoms with Gasteiger partial charge in [-0.1, -0.05) is 18.9 Å². The van der Waals surface area contributed by atoms with Crippen LogP contribution in [0.5, 0.6) is 5.75 Å². The van der Waals surface area contributed by atoms with Gasteiger partial charge in [0.25, 0.3) is 0 Å². The molecular weight excluding hydrogens is 292 g/mol. The first-order valence-electron chi connectivity index (χ1n) is 7.06. The van der Waals surface area contributed by atoms with Crippen LogP contribution in [0.3, 0.4) is 0 Å². The fraction of sp³-hybridized carbons (Fsp3) is 0.571. The Labute approximate surface area is 125 Å². The molecule has 6 nitrogen and oxygen atoms in total. The zero-order chi connectivity index (χ0) is 15.3. The molecule has 0 amide bonds. The molecule has 0 aliphatic heterocycles. The Morgan fingerprint density at radius 1 is 1.33 bits per heavy atom. The number of ether oxygens (including phenoxy) is 1. The minimum Gasteiger partial charge on any atom is -0.492 e. The summed E-state index contributed by atoms with van der Waals surface area (Å²) in [5, 5.41) is 9.44. The molecule has 1 aromatic carbocycles. The first kappa shape index (κ1) is 16.1. The third-order valence-electron chi connectivity index (χ3n) is 3.71. The smallest absolute Gasteiger partial charge is 0.215 e. The summed E-state index contributed by atoms with van der Waals surface area (Å²) in [5.74, 6) is 0.395. The van der Waals surface area contributed by atoms with Gasteiger partial charge in [0, 0.05) is 11.8 Å². The number of aliphatic hydroxyl groups is 1. The minimum atomic E-state index is -3.48. The van der Waals surface area contributed by atoms with Gasteiger partial charge in [-0.25, -0.2) is 13.1 Å². The lowest BCUT2D eigenvalue weighted by atomic mass is 10.0. The second-order valence-corrected chi connectivity index (χ2v) is 7.33. The van der Waals surface area contributed by atoms with Crippen LogP contribution >= 0.6 is 0 Å². The Bertz CT molecular complexity index is 568. The van der Waals surface area contributed by atoms with Crippen molar-refractivity contribution in [3.05, 3.63) is 24.3 Å². The largest absolute Gasteiger partial charge is 0.492 e. The van der Waals surface area contributed by atoms with Crippen LogP contribution in [0.1, 0.15) is 25.7 Å². The van der Waals surface area contributed by atoms with Gasteiger partial charge in [0.15, 0.2) is 0 Å². The average Bonchev–Trinajstić information content (AvgIpc) is 2.87. The summed E-state index contributed by atoms with van der Waals surface area (Å²) in [5.41, 5.74) is 5.51. The maximum Gasteiger partial charge on any atom is 0.215 e. The molecule has 1 fully saturated rings. The standard InChI is InChI=1S/C14H22N2O4S/c15-12-4-3-5-13(10-12)20-8-9-21(18,19)16-14(11-17)6-1-2-7-14/h3-5,10,16-17H,1-2,6-9,11,15H2. The molecule has 21 heavy (non-hydrogen) atoms. The predicted molar refractivity (Wildman–Crippen MR) is 81.6 cm³/mol. The molecule has 0 aromatic heterocycles. The molecule has 1 aliphatic carbocycles. The Morgan fingerprint density at radius 2 is 2.05 bits per heavy atom. The van der Waals surface area contributed by atoms with Gasteiger partial charge < -0.3 is 15.6 Å². The van der Waals surface area contributed by atoms with Crippen LogP contribution in [0.15, 0.2) is 24.3 Å². The first-order chi connectivity index (χ1) is 9.95. The molecule has 1 saturated carbocycles. The van der Waals surface area contributed by atoms with E-state index in [9.17, 15) is 13.5 Å². The summed E-state index contributed by atoms with van der Waals surface area (Å²) in [6, 6.07) is 6.85. The minimum absolute atomic E-state index is 0.0420. The lowest BCUT2D eigenvalue weighted by Crippen LogP contribution is -2.50. The number of nitrogen functional groups attached to an aromatic ring is 1. The number of nitrogens with one attached hydrogen (secondary N) is 1. The molecule has 1 aliphatic rings. The zero-order valence-electron chi connectivity index (χ0n) is 11.9. The van der Waals surface area contributed by atoms with Crippen LogP contribution in [0.4, 0.5) is 5.69 Å². The number of rotatable bonds is 7. The number of benzene rings is 1.